The van der Waals surface area contributed by atoms with Crippen molar-refractivity contribution in [3.05, 3.63) is 17.4 Å². The lowest BCUT2D eigenvalue weighted by atomic mass is 10.2. The molecule has 4 nitrogen and oxygen atoms in total. The molecule has 0 spiro atoms. The average Bonchev–Trinajstić information content (AvgIpc) is 2.67. The standard InChI is InChI=1S/C9H12ClN3O/c10-8-3-4-11-9(13-8)12-6-7-2-1-5-14-7/h3-4,7H,1-2,5-6H2,(H,11,12,13). The molecule has 0 bridgehead atoms. The van der Waals surface area contributed by atoms with Gasteiger partial charge in [-0.3, -0.25) is 0 Å². The topological polar surface area (TPSA) is 47.0 Å². The van der Waals surface area contributed by atoms with Crippen molar-refractivity contribution in [2.24, 2.45) is 0 Å². The zero-order valence-corrected chi connectivity index (χ0v) is 8.50. The van der Waals surface area contributed by atoms with E-state index in [1.807, 2.05) is 0 Å². The fourth-order valence-electron chi connectivity index (χ4n) is 1.43. The van der Waals surface area contributed by atoms with Crippen LogP contribution in [0.25, 0.3) is 0 Å². The van der Waals surface area contributed by atoms with E-state index in [1.165, 1.54) is 0 Å². The second kappa shape index (κ2) is 4.57. The van der Waals surface area contributed by atoms with Gasteiger partial charge in [-0.1, -0.05) is 11.6 Å². The Balaban J connectivity index is 1.85. The van der Waals surface area contributed by atoms with Gasteiger partial charge in [-0.05, 0) is 18.9 Å². The van der Waals surface area contributed by atoms with Crippen LogP contribution in [0.3, 0.4) is 0 Å². The van der Waals surface area contributed by atoms with E-state index in [4.69, 9.17) is 16.3 Å². The molecule has 1 aromatic heterocycles. The third-order valence-corrected chi connectivity index (χ3v) is 2.34. The number of rotatable bonds is 3. The molecular formula is C9H12ClN3O. The lowest BCUT2D eigenvalue weighted by Gasteiger charge is -2.10. The van der Waals surface area contributed by atoms with Gasteiger partial charge in [0.1, 0.15) is 5.15 Å². The third-order valence-electron chi connectivity index (χ3n) is 2.13. The lowest BCUT2D eigenvalue weighted by Crippen LogP contribution is -2.19. The number of nitrogens with one attached hydrogen (secondary N) is 1. The smallest absolute Gasteiger partial charge is 0.224 e. The Labute approximate surface area is 87.7 Å². The van der Waals surface area contributed by atoms with Gasteiger partial charge < -0.3 is 10.1 Å². The molecule has 1 aliphatic heterocycles. The summed E-state index contributed by atoms with van der Waals surface area (Å²) < 4.78 is 5.45. The summed E-state index contributed by atoms with van der Waals surface area (Å²) in [5.41, 5.74) is 0. The van der Waals surface area contributed by atoms with Gasteiger partial charge in [0.15, 0.2) is 0 Å². The molecule has 0 aliphatic carbocycles. The molecular weight excluding hydrogens is 202 g/mol. The minimum absolute atomic E-state index is 0.289. The molecule has 1 fully saturated rings. The molecule has 2 rings (SSSR count). The van der Waals surface area contributed by atoms with Crippen molar-refractivity contribution in [2.75, 3.05) is 18.5 Å². The normalized spacial score (nSPS) is 21.1. The fraction of sp³-hybridized carbons (Fsp3) is 0.556. The van der Waals surface area contributed by atoms with Crippen LogP contribution in [0.4, 0.5) is 5.95 Å². The van der Waals surface area contributed by atoms with Crippen molar-refractivity contribution in [1.29, 1.82) is 0 Å². The summed E-state index contributed by atoms with van der Waals surface area (Å²) in [7, 11) is 0. The van der Waals surface area contributed by atoms with Gasteiger partial charge >= 0.3 is 0 Å². The Kier molecular flexibility index (Phi) is 3.16. The highest BCUT2D eigenvalue weighted by Crippen LogP contribution is 2.12. The molecule has 76 valence electrons. The van der Waals surface area contributed by atoms with Crippen LogP contribution in [0.5, 0.6) is 0 Å². The number of ether oxygens (including phenoxy) is 1. The van der Waals surface area contributed by atoms with E-state index in [1.54, 1.807) is 12.3 Å². The summed E-state index contributed by atoms with van der Waals surface area (Å²) >= 11 is 5.72. The highest BCUT2D eigenvalue weighted by molar-refractivity contribution is 6.29. The van der Waals surface area contributed by atoms with Gasteiger partial charge in [0.2, 0.25) is 5.95 Å². The van der Waals surface area contributed by atoms with Crippen LogP contribution in [0.15, 0.2) is 12.3 Å². The number of aromatic nitrogens is 2. The van der Waals surface area contributed by atoms with Crippen molar-refractivity contribution in [1.82, 2.24) is 9.97 Å². The minimum Gasteiger partial charge on any atom is -0.376 e. The van der Waals surface area contributed by atoms with E-state index < -0.39 is 0 Å². The van der Waals surface area contributed by atoms with Crippen LogP contribution in [-0.4, -0.2) is 29.2 Å². The number of anilines is 1. The van der Waals surface area contributed by atoms with Crippen LogP contribution in [0.1, 0.15) is 12.8 Å². The third kappa shape index (κ3) is 2.56. The van der Waals surface area contributed by atoms with Crippen molar-refractivity contribution in [3.63, 3.8) is 0 Å². The maximum absolute atomic E-state index is 5.72. The zero-order valence-electron chi connectivity index (χ0n) is 7.74. The molecule has 1 aliphatic rings. The highest BCUT2D eigenvalue weighted by Gasteiger charge is 2.15. The second-order valence-corrected chi connectivity index (χ2v) is 3.61. The molecule has 2 heterocycles. The van der Waals surface area contributed by atoms with Crippen LogP contribution in [0.2, 0.25) is 5.15 Å². The second-order valence-electron chi connectivity index (χ2n) is 3.22. The van der Waals surface area contributed by atoms with Crippen molar-refractivity contribution < 1.29 is 4.74 Å². The van der Waals surface area contributed by atoms with E-state index in [-0.39, 0.29) is 6.10 Å². The highest BCUT2D eigenvalue weighted by atomic mass is 35.5. The Morgan fingerprint density at radius 2 is 2.57 bits per heavy atom. The SMILES string of the molecule is Clc1ccnc(NCC2CCCO2)n1. The van der Waals surface area contributed by atoms with E-state index in [0.717, 1.165) is 26.0 Å². The van der Waals surface area contributed by atoms with Gasteiger partial charge in [0.25, 0.3) is 0 Å². The van der Waals surface area contributed by atoms with Gasteiger partial charge in [-0.25, -0.2) is 9.97 Å². The first-order chi connectivity index (χ1) is 6.84. The van der Waals surface area contributed by atoms with Crippen LogP contribution in [-0.2, 0) is 4.74 Å². The van der Waals surface area contributed by atoms with Crippen molar-refractivity contribution in [2.45, 2.75) is 18.9 Å². The summed E-state index contributed by atoms with van der Waals surface area (Å²) in [4.78, 5) is 8.06. The number of hydrogen-bond donors (Lipinski definition) is 1. The molecule has 5 heteroatoms. The quantitative estimate of drug-likeness (QED) is 0.777. The minimum atomic E-state index is 0.289. The van der Waals surface area contributed by atoms with Crippen LogP contribution in [0, 0.1) is 0 Å². The summed E-state index contributed by atoms with van der Waals surface area (Å²) in [6, 6.07) is 1.65. The first-order valence-corrected chi connectivity index (χ1v) is 5.06. The molecule has 1 saturated heterocycles. The number of nitrogens with zero attached hydrogens (tertiary/aromatic N) is 2. The molecule has 1 atom stereocenters. The van der Waals surface area contributed by atoms with Crippen LogP contribution >= 0.6 is 11.6 Å². The zero-order chi connectivity index (χ0) is 9.80. The van der Waals surface area contributed by atoms with Gasteiger partial charge in [-0.15, -0.1) is 0 Å². The summed E-state index contributed by atoms with van der Waals surface area (Å²) in [5, 5.41) is 3.55. The fourth-order valence-corrected chi connectivity index (χ4v) is 1.57. The Hall–Kier alpha value is -0.870. The first kappa shape index (κ1) is 9.68. The molecule has 0 radical (unpaired) electrons. The molecule has 0 aromatic carbocycles. The first-order valence-electron chi connectivity index (χ1n) is 4.68. The van der Waals surface area contributed by atoms with E-state index in [0.29, 0.717) is 11.1 Å². The number of hydrogen-bond acceptors (Lipinski definition) is 4. The van der Waals surface area contributed by atoms with Crippen molar-refractivity contribution >= 4 is 17.5 Å². The maximum Gasteiger partial charge on any atom is 0.224 e. The van der Waals surface area contributed by atoms with Crippen LogP contribution < -0.4 is 5.32 Å². The maximum atomic E-state index is 5.72. The summed E-state index contributed by atoms with van der Waals surface area (Å²) in [6.45, 7) is 1.61. The molecule has 1 N–H and O–H groups in total. The van der Waals surface area contributed by atoms with Gasteiger partial charge in [-0.2, -0.15) is 0 Å². The Morgan fingerprint density at radius 1 is 1.64 bits per heavy atom. The number of halogens is 1. The Bertz CT molecular complexity index is 302. The summed E-state index contributed by atoms with van der Waals surface area (Å²) in [6.07, 6.45) is 4.17. The molecule has 1 unspecified atom stereocenters. The van der Waals surface area contributed by atoms with Crippen molar-refractivity contribution in [3.8, 4) is 0 Å². The molecule has 14 heavy (non-hydrogen) atoms. The van der Waals surface area contributed by atoms with E-state index >= 15 is 0 Å². The van der Waals surface area contributed by atoms with Gasteiger partial charge in [0.05, 0.1) is 6.10 Å². The van der Waals surface area contributed by atoms with E-state index in [9.17, 15) is 0 Å². The Morgan fingerprint density at radius 3 is 3.29 bits per heavy atom. The largest absolute Gasteiger partial charge is 0.376 e. The van der Waals surface area contributed by atoms with Gasteiger partial charge in [0, 0.05) is 19.3 Å². The predicted octanol–water partition coefficient (Wildman–Crippen LogP) is 1.72. The molecule has 1 aromatic rings. The van der Waals surface area contributed by atoms with E-state index in [2.05, 4.69) is 15.3 Å². The summed E-state index contributed by atoms with van der Waals surface area (Å²) in [5.74, 6) is 0.563. The molecule has 0 amide bonds. The monoisotopic (exact) mass is 213 g/mol. The predicted molar refractivity (Wildman–Crippen MR) is 54.5 cm³/mol. The lowest BCUT2D eigenvalue weighted by molar-refractivity contribution is 0.120. The molecule has 0 saturated carbocycles. The average molecular weight is 214 g/mol.